The maximum Gasteiger partial charge on any atom is 0.490 e. The maximum atomic E-state index is 13.3. The summed E-state index contributed by atoms with van der Waals surface area (Å²) in [5.74, 6) is -5.33. The number of aromatic nitrogens is 2. The second-order valence-corrected chi connectivity index (χ2v) is 8.48. The van der Waals surface area contributed by atoms with E-state index < -0.39 is 24.3 Å². The number of alkyl halides is 6. The number of hydrogen-bond acceptors (Lipinski definition) is 7. The van der Waals surface area contributed by atoms with E-state index in [1.165, 1.54) is 18.3 Å². The van der Waals surface area contributed by atoms with E-state index in [1.807, 2.05) is 11.8 Å². The fourth-order valence-electron chi connectivity index (χ4n) is 3.66. The lowest BCUT2D eigenvalue weighted by molar-refractivity contribution is -0.193. The zero-order valence-electron chi connectivity index (χ0n) is 20.6. The van der Waals surface area contributed by atoms with Crippen molar-refractivity contribution in [1.29, 1.82) is 0 Å². The summed E-state index contributed by atoms with van der Waals surface area (Å²) in [5, 5.41) is 14.2. The Hall–Kier alpha value is -4.02. The van der Waals surface area contributed by atoms with Crippen molar-refractivity contribution < 1.29 is 60.1 Å². The van der Waals surface area contributed by atoms with Crippen LogP contribution >= 0.6 is 0 Å². The number of piperazine rings is 1. The van der Waals surface area contributed by atoms with E-state index in [1.54, 1.807) is 18.3 Å². The summed E-state index contributed by atoms with van der Waals surface area (Å²) in [6.45, 7) is 4.76. The Bertz CT molecular complexity index is 1150. The van der Waals surface area contributed by atoms with Crippen molar-refractivity contribution in [3.63, 3.8) is 0 Å². The average Bonchev–Trinajstić information content (AvgIpc) is 3.25. The van der Waals surface area contributed by atoms with Crippen molar-refractivity contribution in [3.8, 4) is 5.75 Å². The van der Waals surface area contributed by atoms with Crippen LogP contribution in [-0.4, -0.2) is 98.5 Å². The minimum absolute atomic E-state index is 0.0102. The van der Waals surface area contributed by atoms with Gasteiger partial charge in [0.1, 0.15) is 23.4 Å². The van der Waals surface area contributed by atoms with Gasteiger partial charge in [-0.1, -0.05) is 6.07 Å². The van der Waals surface area contributed by atoms with Gasteiger partial charge in [0.15, 0.2) is 0 Å². The Kier molecular flexibility index (Phi) is 10.8. The molecule has 3 heterocycles. The van der Waals surface area contributed by atoms with Gasteiger partial charge in [-0.15, -0.1) is 0 Å². The molecular formula is C23H23F7N4O6. The molecule has 0 bridgehead atoms. The number of hydrogen-bond donors (Lipinski definition) is 2. The smallest absolute Gasteiger partial charge is 0.489 e. The van der Waals surface area contributed by atoms with Crippen LogP contribution in [0.15, 0.2) is 36.7 Å². The highest BCUT2D eigenvalue weighted by atomic mass is 19.4. The van der Waals surface area contributed by atoms with Crippen LogP contribution < -0.4 is 4.74 Å². The Labute approximate surface area is 222 Å². The molecule has 0 radical (unpaired) electrons. The van der Waals surface area contributed by atoms with Gasteiger partial charge in [-0.25, -0.2) is 19.0 Å². The lowest BCUT2D eigenvalue weighted by atomic mass is 10.1. The van der Waals surface area contributed by atoms with Crippen molar-refractivity contribution in [2.45, 2.75) is 37.8 Å². The molecule has 220 valence electrons. The van der Waals surface area contributed by atoms with Crippen LogP contribution in [0.25, 0.3) is 0 Å². The zero-order valence-corrected chi connectivity index (χ0v) is 20.6. The number of halogens is 7. The molecule has 17 heteroatoms. The number of aryl methyl sites for hydroxylation is 1. The molecule has 2 aliphatic heterocycles. The maximum absolute atomic E-state index is 13.3. The van der Waals surface area contributed by atoms with E-state index in [-0.39, 0.29) is 23.9 Å². The van der Waals surface area contributed by atoms with Gasteiger partial charge in [0.05, 0.1) is 11.9 Å². The summed E-state index contributed by atoms with van der Waals surface area (Å²) in [7, 11) is 0. The van der Waals surface area contributed by atoms with Crippen LogP contribution in [0.1, 0.15) is 22.6 Å². The molecule has 2 saturated heterocycles. The molecule has 10 nitrogen and oxygen atoms in total. The summed E-state index contributed by atoms with van der Waals surface area (Å²) in [4.78, 5) is 43.0. The van der Waals surface area contributed by atoms with E-state index in [2.05, 4.69) is 14.9 Å². The van der Waals surface area contributed by atoms with Crippen LogP contribution in [0.2, 0.25) is 0 Å². The highest BCUT2D eigenvalue weighted by molar-refractivity contribution is 5.92. The molecule has 0 aliphatic carbocycles. The quantitative estimate of drug-likeness (QED) is 0.522. The molecule has 2 atom stereocenters. The third-order valence-electron chi connectivity index (χ3n) is 5.45. The monoisotopic (exact) mass is 584 g/mol. The highest BCUT2D eigenvalue weighted by Crippen LogP contribution is 2.26. The third kappa shape index (κ3) is 9.94. The fraction of sp³-hybridized carbons (Fsp3) is 0.435. The second-order valence-electron chi connectivity index (χ2n) is 8.48. The fourth-order valence-corrected chi connectivity index (χ4v) is 3.66. The van der Waals surface area contributed by atoms with E-state index >= 15 is 0 Å². The van der Waals surface area contributed by atoms with Crippen LogP contribution in [0.3, 0.4) is 0 Å². The number of carbonyl (C=O) groups is 3. The van der Waals surface area contributed by atoms with Gasteiger partial charge in [-0.2, -0.15) is 26.3 Å². The molecule has 1 aromatic heterocycles. The molecular weight excluding hydrogens is 561 g/mol. The Morgan fingerprint density at radius 2 is 1.55 bits per heavy atom. The van der Waals surface area contributed by atoms with Gasteiger partial charge < -0.3 is 19.8 Å². The van der Waals surface area contributed by atoms with Crippen LogP contribution in [-0.2, 0) is 9.59 Å². The topological polar surface area (TPSA) is 133 Å². The summed E-state index contributed by atoms with van der Waals surface area (Å²) in [6.07, 6.45) is -6.19. The van der Waals surface area contributed by atoms with Gasteiger partial charge >= 0.3 is 24.3 Å². The molecule has 0 saturated carbocycles. The number of fused-ring (bicyclic) bond motifs is 1. The van der Waals surface area contributed by atoms with Crippen molar-refractivity contribution in [1.82, 2.24) is 19.8 Å². The first-order chi connectivity index (χ1) is 18.5. The number of amides is 1. The lowest BCUT2D eigenvalue weighted by Gasteiger charge is -2.36. The van der Waals surface area contributed by atoms with Crippen molar-refractivity contribution in [2.75, 3.05) is 26.2 Å². The predicted octanol–water partition coefficient (Wildman–Crippen LogP) is 3.17. The highest BCUT2D eigenvalue weighted by Gasteiger charge is 2.40. The first kappa shape index (κ1) is 32.2. The van der Waals surface area contributed by atoms with E-state index in [4.69, 9.17) is 24.5 Å². The minimum Gasteiger partial charge on any atom is -0.489 e. The van der Waals surface area contributed by atoms with E-state index in [0.717, 1.165) is 25.2 Å². The van der Waals surface area contributed by atoms with Crippen LogP contribution in [0.5, 0.6) is 5.75 Å². The number of aliphatic carboxylic acids is 2. The number of nitrogens with zero attached hydrogens (tertiary/aromatic N) is 4. The molecule has 40 heavy (non-hydrogen) atoms. The Balaban J connectivity index is 0.000000333. The molecule has 1 aromatic carbocycles. The Morgan fingerprint density at radius 1 is 0.950 bits per heavy atom. The largest absolute Gasteiger partial charge is 0.490 e. The lowest BCUT2D eigenvalue weighted by Crippen LogP contribution is -2.52. The van der Waals surface area contributed by atoms with Crippen LogP contribution in [0.4, 0.5) is 30.7 Å². The Morgan fingerprint density at radius 3 is 2.05 bits per heavy atom. The average molecular weight is 584 g/mol. The molecule has 0 unspecified atom stereocenters. The van der Waals surface area contributed by atoms with Crippen molar-refractivity contribution in [3.05, 3.63) is 53.9 Å². The number of benzene rings is 1. The SMILES string of the molecule is Cc1cnc(C(=O)N2CCN3C[C@H](Oc4cccc(F)c4)C[C@H]3C2)cn1.O=C(O)C(F)(F)F.O=C(O)C(F)(F)F. The minimum atomic E-state index is -5.08. The molecule has 2 N–H and O–H groups in total. The first-order valence-electron chi connectivity index (χ1n) is 11.3. The summed E-state index contributed by atoms with van der Waals surface area (Å²) < 4.78 is 82.7. The van der Waals surface area contributed by atoms with Gasteiger partial charge in [0.2, 0.25) is 0 Å². The molecule has 0 spiro atoms. The van der Waals surface area contributed by atoms with Gasteiger partial charge in [-0.3, -0.25) is 14.7 Å². The standard InChI is InChI=1S/C19H21FN4O2.2C2HF3O2/c1-13-9-22-18(10-21-13)19(25)24-6-5-23-12-17(8-15(23)11-24)26-16-4-2-3-14(20)7-16;2*3-2(4,5)1(6)7/h2-4,7,9-10,15,17H,5-6,8,11-12H2,1H3;2*(H,6,7)/t15-,17+;;/m0../s1. The third-order valence-corrected chi connectivity index (χ3v) is 5.45. The number of rotatable bonds is 3. The molecule has 2 aliphatic rings. The summed E-state index contributed by atoms with van der Waals surface area (Å²) in [6, 6.07) is 6.48. The van der Waals surface area contributed by atoms with Crippen molar-refractivity contribution in [2.24, 2.45) is 0 Å². The first-order valence-corrected chi connectivity index (χ1v) is 11.3. The predicted molar refractivity (Wildman–Crippen MR) is 121 cm³/mol. The van der Waals surface area contributed by atoms with Gasteiger partial charge in [0, 0.05) is 50.9 Å². The molecule has 2 aromatic rings. The molecule has 2 fully saturated rings. The molecule has 4 rings (SSSR count). The zero-order chi connectivity index (χ0) is 30.3. The summed E-state index contributed by atoms with van der Waals surface area (Å²) >= 11 is 0. The van der Waals surface area contributed by atoms with Gasteiger partial charge in [0.25, 0.3) is 5.91 Å². The number of ether oxygens (including phenoxy) is 1. The molecule has 1 amide bonds. The summed E-state index contributed by atoms with van der Waals surface area (Å²) in [5.41, 5.74) is 1.18. The van der Waals surface area contributed by atoms with Crippen LogP contribution in [0, 0.1) is 12.7 Å². The number of carboxylic acids is 2. The van der Waals surface area contributed by atoms with E-state index in [0.29, 0.717) is 24.5 Å². The van der Waals surface area contributed by atoms with E-state index in [9.17, 15) is 35.5 Å². The van der Waals surface area contributed by atoms with Gasteiger partial charge in [-0.05, 0) is 19.1 Å². The normalized spacial score (nSPS) is 18.9. The number of carbonyl (C=O) groups excluding carboxylic acids is 1. The van der Waals surface area contributed by atoms with Crippen molar-refractivity contribution >= 4 is 17.8 Å². The number of carboxylic acid groups (broad SMARTS) is 2. The second kappa shape index (κ2) is 13.4.